The third-order valence-electron chi connectivity index (χ3n) is 4.04. The maximum Gasteiger partial charge on any atom is 0.323 e. The minimum Gasteiger partial charge on any atom is -0.461 e. The van der Waals surface area contributed by atoms with Crippen LogP contribution in [0.5, 0.6) is 6.01 Å². The number of hydrogen-bond acceptors (Lipinski definition) is 7. The molecule has 2 saturated carbocycles. The van der Waals surface area contributed by atoms with E-state index in [1.54, 1.807) is 0 Å². The third-order valence-corrected chi connectivity index (χ3v) is 4.04. The second-order valence-electron chi connectivity index (χ2n) is 6.30. The lowest BCUT2D eigenvalue weighted by molar-refractivity contribution is 0.222. The number of nitrogen functional groups attached to an aromatic ring is 1. The molecule has 4 N–H and O–H groups in total. The van der Waals surface area contributed by atoms with E-state index >= 15 is 0 Å². The molecule has 0 atom stereocenters. The van der Waals surface area contributed by atoms with Gasteiger partial charge in [0.2, 0.25) is 11.9 Å². The van der Waals surface area contributed by atoms with Gasteiger partial charge in [0, 0.05) is 6.54 Å². The van der Waals surface area contributed by atoms with E-state index in [9.17, 15) is 0 Å². The largest absolute Gasteiger partial charge is 0.461 e. The Balaban J connectivity index is 1.65. The van der Waals surface area contributed by atoms with Gasteiger partial charge in [-0.15, -0.1) is 0 Å². The minimum absolute atomic E-state index is 0.0107. The monoisotopic (exact) mass is 292 g/mol. The summed E-state index contributed by atoms with van der Waals surface area (Å²) >= 11 is 0. The lowest BCUT2D eigenvalue weighted by Crippen LogP contribution is -2.21. The molecule has 3 rings (SSSR count). The molecule has 1 aromatic heterocycles. The number of hydrogen-bond donors (Lipinski definition) is 3. The van der Waals surface area contributed by atoms with Crippen molar-refractivity contribution in [2.24, 2.45) is 23.6 Å². The van der Waals surface area contributed by atoms with Crippen molar-refractivity contribution in [1.29, 1.82) is 0 Å². The molecule has 2 fully saturated rings. The lowest BCUT2D eigenvalue weighted by Gasteiger charge is -2.17. The van der Waals surface area contributed by atoms with Gasteiger partial charge in [0.25, 0.3) is 0 Å². The molecular weight excluding hydrogens is 268 g/mol. The summed E-state index contributed by atoms with van der Waals surface area (Å²) in [5, 5.41) is 3.34. The predicted molar refractivity (Wildman–Crippen MR) is 80.8 cm³/mol. The fourth-order valence-electron chi connectivity index (χ4n) is 2.74. The lowest BCUT2D eigenvalue weighted by atomic mass is 9.98. The maximum absolute atomic E-state index is 5.53. The van der Waals surface area contributed by atoms with Crippen molar-refractivity contribution < 1.29 is 4.74 Å². The molecule has 1 heterocycles. The van der Waals surface area contributed by atoms with Crippen LogP contribution in [0.1, 0.15) is 39.5 Å². The van der Waals surface area contributed by atoms with Crippen LogP contribution in [0.2, 0.25) is 0 Å². The van der Waals surface area contributed by atoms with Crippen molar-refractivity contribution in [3.05, 3.63) is 0 Å². The Labute approximate surface area is 125 Å². The van der Waals surface area contributed by atoms with E-state index in [0.29, 0.717) is 17.9 Å². The number of aromatic nitrogens is 3. The van der Waals surface area contributed by atoms with E-state index in [4.69, 9.17) is 10.6 Å². The molecule has 0 spiro atoms. The highest BCUT2D eigenvalue weighted by Crippen LogP contribution is 2.49. The highest BCUT2D eigenvalue weighted by molar-refractivity contribution is 5.35. The molecule has 2 aliphatic rings. The van der Waals surface area contributed by atoms with Gasteiger partial charge in [-0.25, -0.2) is 5.84 Å². The molecular formula is C14H24N6O. The summed E-state index contributed by atoms with van der Waals surface area (Å²) in [6, 6.07) is 0.296. The Morgan fingerprint density at radius 2 is 1.71 bits per heavy atom. The fraction of sp³-hybridized carbons (Fsp3) is 0.786. The molecule has 0 bridgehead atoms. The summed E-state index contributed by atoms with van der Waals surface area (Å²) in [7, 11) is 0. The number of nitrogens with two attached hydrogens (primary N) is 1. The van der Waals surface area contributed by atoms with Crippen molar-refractivity contribution in [3.8, 4) is 6.01 Å². The summed E-state index contributed by atoms with van der Waals surface area (Å²) in [6.45, 7) is 4.79. The topological polar surface area (TPSA) is 98.0 Å². The van der Waals surface area contributed by atoms with Gasteiger partial charge in [0.05, 0.1) is 6.10 Å². The normalized spacial score (nSPS) is 18.1. The molecule has 0 unspecified atom stereocenters. The van der Waals surface area contributed by atoms with Crippen LogP contribution in [0.25, 0.3) is 0 Å². The first-order valence-electron chi connectivity index (χ1n) is 7.79. The highest BCUT2D eigenvalue weighted by atomic mass is 16.5. The van der Waals surface area contributed by atoms with Crippen molar-refractivity contribution in [2.45, 2.75) is 45.6 Å². The molecule has 0 aliphatic heterocycles. The minimum atomic E-state index is 0.0107. The molecule has 116 valence electrons. The first-order valence-corrected chi connectivity index (χ1v) is 7.79. The second-order valence-corrected chi connectivity index (χ2v) is 6.30. The summed E-state index contributed by atoms with van der Waals surface area (Å²) < 4.78 is 5.53. The van der Waals surface area contributed by atoms with Crippen molar-refractivity contribution in [3.63, 3.8) is 0 Å². The Bertz CT molecular complexity index is 474. The van der Waals surface area contributed by atoms with Crippen LogP contribution in [0, 0.1) is 17.8 Å². The van der Waals surface area contributed by atoms with Crippen molar-refractivity contribution in [2.75, 3.05) is 17.3 Å². The zero-order valence-electron chi connectivity index (χ0n) is 12.7. The standard InChI is InChI=1S/C14H24N6O/c1-8(2)21-14-18-12(17-13(19-14)20-15)16-7-11(9-3-4-9)10-5-6-10/h8-11H,3-7,15H2,1-2H3,(H2,16,17,18,19,20). The van der Waals surface area contributed by atoms with Gasteiger partial charge in [0.15, 0.2) is 0 Å². The Hall–Kier alpha value is -1.63. The van der Waals surface area contributed by atoms with Crippen molar-refractivity contribution in [1.82, 2.24) is 15.0 Å². The molecule has 0 amide bonds. The van der Waals surface area contributed by atoms with Crippen LogP contribution in [-0.2, 0) is 0 Å². The van der Waals surface area contributed by atoms with E-state index in [0.717, 1.165) is 24.3 Å². The number of nitrogens with one attached hydrogen (secondary N) is 2. The zero-order chi connectivity index (χ0) is 14.8. The molecule has 7 heteroatoms. The molecule has 0 radical (unpaired) electrons. The van der Waals surface area contributed by atoms with Crippen LogP contribution in [0.3, 0.4) is 0 Å². The summed E-state index contributed by atoms with van der Waals surface area (Å²) in [4.78, 5) is 12.6. The summed E-state index contributed by atoms with van der Waals surface area (Å²) in [5.74, 6) is 8.79. The molecule has 1 aromatic rings. The summed E-state index contributed by atoms with van der Waals surface area (Å²) in [5.41, 5.74) is 2.46. The van der Waals surface area contributed by atoms with Gasteiger partial charge in [-0.1, -0.05) is 0 Å². The third kappa shape index (κ3) is 3.93. The van der Waals surface area contributed by atoms with E-state index in [1.165, 1.54) is 25.7 Å². The van der Waals surface area contributed by atoms with Crippen LogP contribution in [-0.4, -0.2) is 27.6 Å². The number of anilines is 2. The van der Waals surface area contributed by atoms with Crippen LogP contribution >= 0.6 is 0 Å². The van der Waals surface area contributed by atoms with E-state index in [2.05, 4.69) is 25.7 Å². The smallest absolute Gasteiger partial charge is 0.323 e. The molecule has 2 aliphatic carbocycles. The van der Waals surface area contributed by atoms with Crippen LogP contribution in [0.15, 0.2) is 0 Å². The van der Waals surface area contributed by atoms with Gasteiger partial charge in [0.1, 0.15) is 0 Å². The molecule has 7 nitrogen and oxygen atoms in total. The van der Waals surface area contributed by atoms with Crippen molar-refractivity contribution >= 4 is 11.9 Å². The Morgan fingerprint density at radius 3 is 2.24 bits per heavy atom. The highest BCUT2D eigenvalue weighted by Gasteiger charge is 2.41. The van der Waals surface area contributed by atoms with E-state index in [-0.39, 0.29) is 6.10 Å². The van der Waals surface area contributed by atoms with Gasteiger partial charge in [-0.05, 0) is 57.3 Å². The Kier molecular flexibility index (Phi) is 4.10. The van der Waals surface area contributed by atoms with Gasteiger partial charge >= 0.3 is 6.01 Å². The molecule has 0 aromatic carbocycles. The number of hydrazine groups is 1. The number of nitrogens with zero attached hydrogens (tertiary/aromatic N) is 3. The number of rotatable bonds is 8. The van der Waals surface area contributed by atoms with Gasteiger partial charge in [-0.3, -0.25) is 5.43 Å². The average Bonchev–Trinajstić information content (AvgIpc) is 3.31. The quantitative estimate of drug-likeness (QED) is 0.496. The van der Waals surface area contributed by atoms with E-state index in [1.807, 2.05) is 13.8 Å². The first kappa shape index (κ1) is 14.3. The van der Waals surface area contributed by atoms with Gasteiger partial charge in [-0.2, -0.15) is 15.0 Å². The SMILES string of the molecule is CC(C)Oc1nc(NN)nc(NCC(C2CC2)C2CC2)n1. The first-order chi connectivity index (χ1) is 10.2. The van der Waals surface area contributed by atoms with Gasteiger partial charge < -0.3 is 10.1 Å². The summed E-state index contributed by atoms with van der Waals surface area (Å²) in [6.07, 6.45) is 5.50. The van der Waals surface area contributed by atoms with Crippen LogP contribution in [0.4, 0.5) is 11.9 Å². The maximum atomic E-state index is 5.53. The van der Waals surface area contributed by atoms with E-state index < -0.39 is 0 Å². The number of ether oxygens (including phenoxy) is 1. The predicted octanol–water partition coefficient (Wildman–Crippen LogP) is 1.79. The molecule has 0 saturated heterocycles. The fourth-order valence-corrected chi connectivity index (χ4v) is 2.74. The zero-order valence-corrected chi connectivity index (χ0v) is 12.7. The van der Waals surface area contributed by atoms with Crippen LogP contribution < -0.4 is 21.3 Å². The Morgan fingerprint density at radius 1 is 1.10 bits per heavy atom. The average molecular weight is 292 g/mol. The molecule has 21 heavy (non-hydrogen) atoms. The second kappa shape index (κ2) is 6.01.